The summed E-state index contributed by atoms with van der Waals surface area (Å²) in [6.45, 7) is 4.51. The Morgan fingerprint density at radius 2 is 2.28 bits per heavy atom. The van der Waals surface area contributed by atoms with Crippen LogP contribution < -0.4 is 10.9 Å². The highest BCUT2D eigenvalue weighted by Crippen LogP contribution is 2.16. The summed E-state index contributed by atoms with van der Waals surface area (Å²) in [5.41, 5.74) is 2.82. The summed E-state index contributed by atoms with van der Waals surface area (Å²) in [5, 5.41) is 5.82. The fraction of sp³-hybridized carbons (Fsp3) is 0.412. The summed E-state index contributed by atoms with van der Waals surface area (Å²) in [5.74, 6) is 1.04. The number of aryl methyl sites for hydroxylation is 3. The summed E-state index contributed by atoms with van der Waals surface area (Å²) in [6, 6.07) is 1.56. The van der Waals surface area contributed by atoms with Crippen LogP contribution in [0, 0.1) is 13.8 Å². The standard InChI is InChI=1S/C17H20N6O2/c1-10-13(11(2)23-15(19-10)8-17(25)21-23)7-16(24)20-12-3-4-14-18-5-6-22(14)9-12/h5-6,8,12H,3-4,7,9H2,1-2H3,(H,20,24)(H,21,25)/t12-/m1/s1. The quantitative estimate of drug-likeness (QED) is 0.726. The molecule has 0 aliphatic carbocycles. The number of hydrogen-bond acceptors (Lipinski definition) is 4. The predicted molar refractivity (Wildman–Crippen MR) is 91.5 cm³/mol. The molecule has 1 amide bonds. The number of aromatic nitrogens is 5. The van der Waals surface area contributed by atoms with Crippen molar-refractivity contribution in [1.29, 1.82) is 0 Å². The minimum Gasteiger partial charge on any atom is -0.351 e. The maximum atomic E-state index is 12.5. The van der Waals surface area contributed by atoms with Crippen LogP contribution >= 0.6 is 0 Å². The Kier molecular flexibility index (Phi) is 3.67. The fourth-order valence-electron chi connectivity index (χ4n) is 3.53. The molecule has 3 aromatic heterocycles. The lowest BCUT2D eigenvalue weighted by molar-refractivity contribution is -0.121. The van der Waals surface area contributed by atoms with Crippen LogP contribution in [-0.2, 0) is 24.2 Å². The Morgan fingerprint density at radius 3 is 3.12 bits per heavy atom. The highest BCUT2D eigenvalue weighted by atomic mass is 16.1. The van der Waals surface area contributed by atoms with Gasteiger partial charge in [0.05, 0.1) is 6.42 Å². The first-order valence-electron chi connectivity index (χ1n) is 8.38. The number of imidazole rings is 1. The number of fused-ring (bicyclic) bond motifs is 2. The zero-order valence-electron chi connectivity index (χ0n) is 14.2. The Hall–Kier alpha value is -2.90. The number of H-pyrrole nitrogens is 1. The Balaban J connectivity index is 1.51. The lowest BCUT2D eigenvalue weighted by Crippen LogP contribution is -2.41. The summed E-state index contributed by atoms with van der Waals surface area (Å²) in [4.78, 5) is 32.8. The van der Waals surface area contributed by atoms with Crippen molar-refractivity contribution in [1.82, 2.24) is 29.5 Å². The molecule has 4 heterocycles. The molecule has 130 valence electrons. The topological polar surface area (TPSA) is 97.1 Å². The number of amides is 1. The minimum absolute atomic E-state index is 0.0320. The molecule has 0 saturated heterocycles. The second-order valence-electron chi connectivity index (χ2n) is 6.55. The van der Waals surface area contributed by atoms with Gasteiger partial charge in [-0.15, -0.1) is 0 Å². The summed E-state index contributed by atoms with van der Waals surface area (Å²) >= 11 is 0. The zero-order chi connectivity index (χ0) is 17.6. The van der Waals surface area contributed by atoms with Crippen LogP contribution in [-0.4, -0.2) is 36.1 Å². The Bertz CT molecular complexity index is 1010. The van der Waals surface area contributed by atoms with E-state index in [1.54, 1.807) is 10.7 Å². The molecule has 0 saturated carbocycles. The monoisotopic (exact) mass is 340 g/mol. The van der Waals surface area contributed by atoms with Gasteiger partial charge in [-0.05, 0) is 20.3 Å². The molecule has 3 aromatic rings. The van der Waals surface area contributed by atoms with E-state index in [9.17, 15) is 9.59 Å². The average Bonchev–Trinajstić information content (AvgIpc) is 3.17. The Labute approximate surface area is 143 Å². The van der Waals surface area contributed by atoms with Gasteiger partial charge in [-0.1, -0.05) is 0 Å². The van der Waals surface area contributed by atoms with Crippen molar-refractivity contribution in [3.63, 3.8) is 0 Å². The van der Waals surface area contributed by atoms with Crippen LogP contribution in [0.25, 0.3) is 5.65 Å². The summed E-state index contributed by atoms with van der Waals surface area (Å²) in [7, 11) is 0. The van der Waals surface area contributed by atoms with Gasteiger partial charge < -0.3 is 9.88 Å². The van der Waals surface area contributed by atoms with Crippen LogP contribution in [0.2, 0.25) is 0 Å². The second-order valence-corrected chi connectivity index (χ2v) is 6.55. The Morgan fingerprint density at radius 1 is 1.44 bits per heavy atom. The lowest BCUT2D eigenvalue weighted by Gasteiger charge is -2.25. The van der Waals surface area contributed by atoms with Crippen molar-refractivity contribution in [2.75, 3.05) is 0 Å². The number of rotatable bonds is 3. The molecule has 8 heteroatoms. The highest BCUT2D eigenvalue weighted by molar-refractivity contribution is 5.79. The number of nitrogens with one attached hydrogen (secondary N) is 2. The van der Waals surface area contributed by atoms with Gasteiger partial charge in [0.15, 0.2) is 5.65 Å². The van der Waals surface area contributed by atoms with Crippen LogP contribution in [0.3, 0.4) is 0 Å². The fourth-order valence-corrected chi connectivity index (χ4v) is 3.53. The molecule has 0 spiro atoms. The largest absolute Gasteiger partial charge is 0.351 e. The van der Waals surface area contributed by atoms with E-state index < -0.39 is 0 Å². The van der Waals surface area contributed by atoms with Gasteiger partial charge in [-0.3, -0.25) is 14.7 Å². The molecule has 1 aliphatic rings. The van der Waals surface area contributed by atoms with Gasteiger partial charge in [0.1, 0.15) is 5.82 Å². The van der Waals surface area contributed by atoms with E-state index in [-0.39, 0.29) is 23.9 Å². The van der Waals surface area contributed by atoms with Crippen molar-refractivity contribution in [3.05, 3.63) is 51.6 Å². The molecule has 4 rings (SSSR count). The van der Waals surface area contributed by atoms with E-state index in [0.717, 1.165) is 42.2 Å². The molecule has 0 fully saturated rings. The van der Waals surface area contributed by atoms with Gasteiger partial charge in [-0.2, -0.15) is 0 Å². The molecule has 0 radical (unpaired) electrons. The zero-order valence-corrected chi connectivity index (χ0v) is 14.2. The average molecular weight is 340 g/mol. The predicted octanol–water partition coefficient (Wildman–Crippen LogP) is 0.510. The smallest absolute Gasteiger partial charge is 0.266 e. The number of aromatic amines is 1. The first-order chi connectivity index (χ1) is 12.0. The molecule has 0 unspecified atom stereocenters. The van der Waals surface area contributed by atoms with Gasteiger partial charge in [0, 0.05) is 54.4 Å². The number of carbonyl (C=O) groups excluding carboxylic acids is 1. The first kappa shape index (κ1) is 15.6. The molecule has 0 bridgehead atoms. The SMILES string of the molecule is Cc1nc2cc(=O)[nH]n2c(C)c1CC(=O)N[C@@H]1CCc2nccn2C1. The molecular weight excluding hydrogens is 320 g/mol. The normalized spacial score (nSPS) is 16.8. The molecule has 8 nitrogen and oxygen atoms in total. The van der Waals surface area contributed by atoms with Crippen molar-refractivity contribution in [2.24, 2.45) is 0 Å². The molecule has 2 N–H and O–H groups in total. The van der Waals surface area contributed by atoms with E-state index in [0.29, 0.717) is 5.65 Å². The van der Waals surface area contributed by atoms with E-state index in [4.69, 9.17) is 0 Å². The molecule has 0 aromatic carbocycles. The molecular formula is C17H20N6O2. The van der Waals surface area contributed by atoms with Crippen LogP contribution in [0.4, 0.5) is 0 Å². The number of hydrogen-bond donors (Lipinski definition) is 2. The van der Waals surface area contributed by atoms with Gasteiger partial charge in [0.25, 0.3) is 5.56 Å². The second kappa shape index (κ2) is 5.87. The van der Waals surface area contributed by atoms with Crippen LogP contribution in [0.1, 0.15) is 29.2 Å². The van der Waals surface area contributed by atoms with E-state index >= 15 is 0 Å². The third-order valence-electron chi connectivity index (χ3n) is 4.84. The first-order valence-corrected chi connectivity index (χ1v) is 8.38. The molecule has 1 atom stereocenters. The van der Waals surface area contributed by atoms with Gasteiger partial charge in [-0.25, -0.2) is 14.5 Å². The summed E-state index contributed by atoms with van der Waals surface area (Å²) in [6.07, 6.45) is 5.75. The third-order valence-corrected chi connectivity index (χ3v) is 4.84. The van der Waals surface area contributed by atoms with E-state index in [2.05, 4.69) is 25.0 Å². The maximum Gasteiger partial charge on any atom is 0.266 e. The number of carbonyl (C=O) groups is 1. The van der Waals surface area contributed by atoms with E-state index in [1.165, 1.54) is 6.07 Å². The van der Waals surface area contributed by atoms with Crippen molar-refractivity contribution in [2.45, 2.75) is 45.7 Å². The van der Waals surface area contributed by atoms with Crippen molar-refractivity contribution < 1.29 is 4.79 Å². The van der Waals surface area contributed by atoms with Gasteiger partial charge in [0.2, 0.25) is 5.91 Å². The molecule has 25 heavy (non-hydrogen) atoms. The molecule has 1 aliphatic heterocycles. The minimum atomic E-state index is -0.199. The number of nitrogens with zero attached hydrogens (tertiary/aromatic N) is 4. The van der Waals surface area contributed by atoms with Crippen LogP contribution in [0.15, 0.2) is 23.3 Å². The summed E-state index contributed by atoms with van der Waals surface area (Å²) < 4.78 is 3.72. The van der Waals surface area contributed by atoms with Crippen molar-refractivity contribution in [3.8, 4) is 0 Å². The van der Waals surface area contributed by atoms with Crippen molar-refractivity contribution >= 4 is 11.6 Å². The third kappa shape index (κ3) is 2.84. The maximum absolute atomic E-state index is 12.5. The highest BCUT2D eigenvalue weighted by Gasteiger charge is 2.21. The lowest BCUT2D eigenvalue weighted by atomic mass is 10.1. The van der Waals surface area contributed by atoms with Crippen LogP contribution in [0.5, 0.6) is 0 Å². The van der Waals surface area contributed by atoms with Gasteiger partial charge >= 0.3 is 0 Å². The van der Waals surface area contributed by atoms with E-state index in [1.807, 2.05) is 20.0 Å².